The predicted molar refractivity (Wildman–Crippen MR) is 76.6 cm³/mol. The van der Waals surface area contributed by atoms with Gasteiger partial charge in [-0.1, -0.05) is 6.92 Å². The predicted octanol–water partition coefficient (Wildman–Crippen LogP) is 3.84. The van der Waals surface area contributed by atoms with Gasteiger partial charge in [-0.05, 0) is 42.5 Å². The second kappa shape index (κ2) is 5.02. The van der Waals surface area contributed by atoms with Crippen molar-refractivity contribution in [3.8, 4) is 10.6 Å². The molecule has 0 saturated heterocycles. The van der Waals surface area contributed by atoms with Gasteiger partial charge in [-0.2, -0.15) is 0 Å². The molecular weight excluding hydrogens is 259 g/mol. The fraction of sp³-hybridized carbons (Fsp3) is 0.400. The Bertz CT molecular complexity index is 558. The van der Waals surface area contributed by atoms with Crippen LogP contribution in [0, 0.1) is 11.2 Å². The van der Waals surface area contributed by atoms with Crippen molar-refractivity contribution in [2.75, 3.05) is 6.54 Å². The molecule has 1 N–H and O–H groups in total. The first-order valence-corrected chi connectivity index (χ1v) is 7.44. The van der Waals surface area contributed by atoms with Gasteiger partial charge in [0.2, 0.25) is 0 Å². The fourth-order valence-corrected chi connectivity index (χ4v) is 2.82. The van der Waals surface area contributed by atoms with E-state index in [9.17, 15) is 4.39 Å². The minimum atomic E-state index is -0.208. The van der Waals surface area contributed by atoms with Gasteiger partial charge in [0, 0.05) is 24.0 Å². The number of halogens is 1. The molecule has 0 bridgehead atoms. The van der Waals surface area contributed by atoms with E-state index in [0.29, 0.717) is 5.41 Å². The minimum Gasteiger partial charge on any atom is -0.311 e. The zero-order valence-corrected chi connectivity index (χ0v) is 11.8. The summed E-state index contributed by atoms with van der Waals surface area (Å²) in [6.07, 6.45) is 2.66. The molecular formula is C15H17FN2S. The summed E-state index contributed by atoms with van der Waals surface area (Å²) in [4.78, 5) is 4.58. The van der Waals surface area contributed by atoms with Crippen molar-refractivity contribution in [1.29, 1.82) is 0 Å². The molecule has 0 radical (unpaired) electrons. The molecule has 0 spiro atoms. The zero-order valence-electron chi connectivity index (χ0n) is 10.9. The summed E-state index contributed by atoms with van der Waals surface area (Å²) >= 11 is 1.61. The smallest absolute Gasteiger partial charge is 0.123 e. The Morgan fingerprint density at radius 1 is 1.32 bits per heavy atom. The summed E-state index contributed by atoms with van der Waals surface area (Å²) < 4.78 is 12.9. The van der Waals surface area contributed by atoms with Gasteiger partial charge in [0.1, 0.15) is 10.8 Å². The third-order valence-electron chi connectivity index (χ3n) is 3.60. The quantitative estimate of drug-likeness (QED) is 0.897. The molecule has 0 amide bonds. The van der Waals surface area contributed by atoms with Gasteiger partial charge >= 0.3 is 0 Å². The number of hydrogen-bond acceptors (Lipinski definition) is 3. The van der Waals surface area contributed by atoms with E-state index >= 15 is 0 Å². The molecule has 0 atom stereocenters. The number of thiazole rings is 1. The third kappa shape index (κ3) is 3.19. The number of rotatable bonds is 5. The molecule has 1 aromatic heterocycles. The Labute approximate surface area is 116 Å². The van der Waals surface area contributed by atoms with Crippen LogP contribution < -0.4 is 5.32 Å². The van der Waals surface area contributed by atoms with E-state index in [4.69, 9.17) is 0 Å². The molecule has 2 nitrogen and oxygen atoms in total. The molecule has 4 heteroatoms. The zero-order chi connectivity index (χ0) is 13.3. The van der Waals surface area contributed by atoms with E-state index < -0.39 is 0 Å². The Kier molecular flexibility index (Phi) is 3.37. The minimum absolute atomic E-state index is 0.208. The highest BCUT2D eigenvalue weighted by molar-refractivity contribution is 7.13. The Hall–Kier alpha value is -1.26. The lowest BCUT2D eigenvalue weighted by Crippen LogP contribution is -2.21. The lowest BCUT2D eigenvalue weighted by Gasteiger charge is -2.08. The highest BCUT2D eigenvalue weighted by atomic mass is 32.1. The second-order valence-electron chi connectivity index (χ2n) is 5.57. The maximum Gasteiger partial charge on any atom is 0.123 e. The topological polar surface area (TPSA) is 24.9 Å². The van der Waals surface area contributed by atoms with Crippen molar-refractivity contribution >= 4 is 11.3 Å². The van der Waals surface area contributed by atoms with E-state index in [2.05, 4.69) is 22.6 Å². The number of benzene rings is 1. The van der Waals surface area contributed by atoms with Crippen molar-refractivity contribution in [2.45, 2.75) is 26.3 Å². The van der Waals surface area contributed by atoms with Crippen LogP contribution in [0.25, 0.3) is 10.6 Å². The molecule has 0 aliphatic heterocycles. The van der Waals surface area contributed by atoms with Crippen molar-refractivity contribution in [3.05, 3.63) is 41.2 Å². The molecule has 1 aliphatic carbocycles. The first-order valence-electron chi connectivity index (χ1n) is 6.56. The van der Waals surface area contributed by atoms with Gasteiger partial charge in [-0.15, -0.1) is 11.3 Å². The molecule has 1 aromatic carbocycles. The molecule has 19 heavy (non-hydrogen) atoms. The van der Waals surface area contributed by atoms with Crippen LogP contribution in [0.2, 0.25) is 0 Å². The van der Waals surface area contributed by atoms with E-state index in [1.54, 1.807) is 23.5 Å². The van der Waals surface area contributed by atoms with Crippen LogP contribution in [0.1, 0.15) is 25.5 Å². The molecule has 2 aromatic rings. The van der Waals surface area contributed by atoms with Gasteiger partial charge in [-0.3, -0.25) is 0 Å². The summed E-state index contributed by atoms with van der Waals surface area (Å²) in [5, 5.41) is 6.49. The molecule has 1 fully saturated rings. The first kappa shape index (κ1) is 12.8. The van der Waals surface area contributed by atoms with Crippen LogP contribution >= 0.6 is 11.3 Å². The maximum atomic E-state index is 12.9. The summed E-state index contributed by atoms with van der Waals surface area (Å²) in [5.41, 5.74) is 2.57. The van der Waals surface area contributed by atoms with Crippen LogP contribution in [-0.4, -0.2) is 11.5 Å². The average Bonchev–Trinajstić information content (AvgIpc) is 2.95. The van der Waals surface area contributed by atoms with Gasteiger partial charge in [0.25, 0.3) is 0 Å². The number of hydrogen-bond donors (Lipinski definition) is 1. The lowest BCUT2D eigenvalue weighted by molar-refractivity contribution is 0.497. The Morgan fingerprint density at radius 3 is 2.74 bits per heavy atom. The number of nitrogens with zero attached hydrogens (tertiary/aromatic N) is 1. The summed E-state index contributed by atoms with van der Waals surface area (Å²) in [6, 6.07) is 6.50. The van der Waals surface area contributed by atoms with Crippen LogP contribution in [0.15, 0.2) is 29.6 Å². The molecule has 1 saturated carbocycles. The summed E-state index contributed by atoms with van der Waals surface area (Å²) in [5.74, 6) is -0.208. The van der Waals surface area contributed by atoms with E-state index in [0.717, 1.165) is 29.4 Å². The third-order valence-corrected chi connectivity index (χ3v) is 4.54. The van der Waals surface area contributed by atoms with Crippen LogP contribution in [-0.2, 0) is 6.54 Å². The van der Waals surface area contributed by atoms with E-state index in [-0.39, 0.29) is 5.82 Å². The summed E-state index contributed by atoms with van der Waals surface area (Å²) in [6.45, 7) is 4.19. The van der Waals surface area contributed by atoms with Gasteiger partial charge < -0.3 is 5.32 Å². The number of nitrogens with one attached hydrogen (secondary N) is 1. The van der Waals surface area contributed by atoms with Gasteiger partial charge in [0.15, 0.2) is 0 Å². The number of aromatic nitrogens is 1. The van der Waals surface area contributed by atoms with Crippen LogP contribution in [0.5, 0.6) is 0 Å². The SMILES string of the molecule is CC1(CNCc2csc(-c3ccc(F)cc3)n2)CC1. The fourth-order valence-electron chi connectivity index (χ4n) is 2.00. The molecule has 100 valence electrons. The first-order chi connectivity index (χ1) is 9.15. The standard InChI is InChI=1S/C15H17FN2S/c1-15(6-7-15)10-17-8-13-9-19-14(18-13)11-2-4-12(16)5-3-11/h2-5,9,17H,6-8,10H2,1H3. The highest BCUT2D eigenvalue weighted by Crippen LogP contribution is 2.44. The molecule has 1 aliphatic rings. The average molecular weight is 276 g/mol. The monoisotopic (exact) mass is 276 g/mol. The van der Waals surface area contributed by atoms with Crippen molar-refractivity contribution < 1.29 is 4.39 Å². The Balaban J connectivity index is 1.60. The summed E-state index contributed by atoms with van der Waals surface area (Å²) in [7, 11) is 0. The normalized spacial score (nSPS) is 16.5. The lowest BCUT2D eigenvalue weighted by atomic mass is 10.1. The van der Waals surface area contributed by atoms with Gasteiger partial charge in [0.05, 0.1) is 5.69 Å². The van der Waals surface area contributed by atoms with Crippen molar-refractivity contribution in [2.24, 2.45) is 5.41 Å². The maximum absolute atomic E-state index is 12.9. The van der Waals surface area contributed by atoms with E-state index in [1.807, 2.05) is 0 Å². The second-order valence-corrected chi connectivity index (χ2v) is 6.42. The van der Waals surface area contributed by atoms with Crippen LogP contribution in [0.3, 0.4) is 0 Å². The molecule has 3 rings (SSSR count). The van der Waals surface area contributed by atoms with Crippen LogP contribution in [0.4, 0.5) is 4.39 Å². The highest BCUT2D eigenvalue weighted by Gasteiger charge is 2.36. The van der Waals surface area contributed by atoms with Crippen molar-refractivity contribution in [1.82, 2.24) is 10.3 Å². The molecule has 0 unspecified atom stereocenters. The molecule has 1 heterocycles. The Morgan fingerprint density at radius 2 is 2.05 bits per heavy atom. The van der Waals surface area contributed by atoms with E-state index in [1.165, 1.54) is 25.0 Å². The van der Waals surface area contributed by atoms with Gasteiger partial charge in [-0.25, -0.2) is 9.37 Å². The van der Waals surface area contributed by atoms with Crippen molar-refractivity contribution in [3.63, 3.8) is 0 Å². The largest absolute Gasteiger partial charge is 0.311 e.